The van der Waals surface area contributed by atoms with Crippen LogP contribution in [0.25, 0.3) is 5.69 Å². The van der Waals surface area contributed by atoms with Gasteiger partial charge in [-0.1, -0.05) is 18.2 Å². The second-order valence-electron chi connectivity index (χ2n) is 4.70. The standard InChI is InChI=1S/C15H16N4S/c1-11-10-20-15(18-11)9-13(16)14-7-8-17-19(14)12-5-3-2-4-6-12/h2-8,10,13H,9,16H2,1H3. The molecule has 0 aliphatic rings. The third-order valence-electron chi connectivity index (χ3n) is 3.11. The molecule has 0 bridgehead atoms. The van der Waals surface area contributed by atoms with Crippen molar-refractivity contribution in [2.45, 2.75) is 19.4 Å². The molecule has 0 aliphatic heterocycles. The molecule has 2 heterocycles. The lowest BCUT2D eigenvalue weighted by Gasteiger charge is -2.13. The summed E-state index contributed by atoms with van der Waals surface area (Å²) in [5.74, 6) is 0. The molecule has 0 fully saturated rings. The maximum atomic E-state index is 6.32. The van der Waals surface area contributed by atoms with Gasteiger partial charge in [0.15, 0.2) is 0 Å². The first-order valence-electron chi connectivity index (χ1n) is 6.50. The Morgan fingerprint density at radius 3 is 2.75 bits per heavy atom. The van der Waals surface area contributed by atoms with Crippen LogP contribution in [-0.4, -0.2) is 14.8 Å². The number of benzene rings is 1. The third-order valence-corrected chi connectivity index (χ3v) is 4.10. The molecule has 20 heavy (non-hydrogen) atoms. The number of aryl methyl sites for hydroxylation is 1. The molecule has 0 radical (unpaired) electrons. The van der Waals surface area contributed by atoms with Crippen LogP contribution in [-0.2, 0) is 6.42 Å². The summed E-state index contributed by atoms with van der Waals surface area (Å²) in [6, 6.07) is 11.9. The molecule has 0 amide bonds. The Morgan fingerprint density at radius 2 is 2.05 bits per heavy atom. The van der Waals surface area contributed by atoms with E-state index in [9.17, 15) is 0 Å². The first kappa shape index (κ1) is 13.0. The number of rotatable bonds is 4. The Morgan fingerprint density at radius 1 is 1.25 bits per heavy atom. The summed E-state index contributed by atoms with van der Waals surface area (Å²) in [5.41, 5.74) is 9.40. The number of para-hydroxylation sites is 1. The normalized spacial score (nSPS) is 12.5. The van der Waals surface area contributed by atoms with Gasteiger partial charge in [-0.25, -0.2) is 9.67 Å². The monoisotopic (exact) mass is 284 g/mol. The SMILES string of the molecule is Cc1csc(CC(N)c2ccnn2-c2ccccc2)n1. The van der Waals surface area contributed by atoms with Gasteiger partial charge in [0, 0.05) is 23.7 Å². The van der Waals surface area contributed by atoms with Crippen LogP contribution in [0.4, 0.5) is 0 Å². The van der Waals surface area contributed by atoms with Crippen molar-refractivity contribution >= 4 is 11.3 Å². The summed E-state index contributed by atoms with van der Waals surface area (Å²) < 4.78 is 1.89. The molecule has 4 nitrogen and oxygen atoms in total. The van der Waals surface area contributed by atoms with E-state index >= 15 is 0 Å². The molecule has 5 heteroatoms. The van der Waals surface area contributed by atoms with Crippen LogP contribution < -0.4 is 5.73 Å². The van der Waals surface area contributed by atoms with E-state index in [1.165, 1.54) is 0 Å². The number of hydrogen-bond acceptors (Lipinski definition) is 4. The van der Waals surface area contributed by atoms with Crippen LogP contribution in [0.5, 0.6) is 0 Å². The minimum absolute atomic E-state index is 0.108. The lowest BCUT2D eigenvalue weighted by Crippen LogP contribution is -2.17. The highest BCUT2D eigenvalue weighted by atomic mass is 32.1. The number of nitrogens with zero attached hydrogens (tertiary/aromatic N) is 3. The minimum Gasteiger partial charge on any atom is -0.322 e. The molecule has 3 aromatic rings. The van der Waals surface area contributed by atoms with Gasteiger partial charge in [0.25, 0.3) is 0 Å². The highest BCUT2D eigenvalue weighted by molar-refractivity contribution is 7.09. The van der Waals surface area contributed by atoms with Crippen molar-refractivity contribution in [3.8, 4) is 5.69 Å². The van der Waals surface area contributed by atoms with Crippen molar-refractivity contribution in [2.75, 3.05) is 0 Å². The molecule has 1 atom stereocenters. The topological polar surface area (TPSA) is 56.7 Å². The maximum Gasteiger partial charge on any atom is 0.0947 e. The zero-order valence-electron chi connectivity index (χ0n) is 11.2. The number of thiazole rings is 1. The Labute approximate surface area is 121 Å². The van der Waals surface area contributed by atoms with Gasteiger partial charge < -0.3 is 5.73 Å². The summed E-state index contributed by atoms with van der Waals surface area (Å²) >= 11 is 1.66. The van der Waals surface area contributed by atoms with Gasteiger partial charge >= 0.3 is 0 Å². The molecule has 0 spiro atoms. The fourth-order valence-electron chi connectivity index (χ4n) is 2.17. The van der Waals surface area contributed by atoms with Gasteiger partial charge in [-0.2, -0.15) is 5.10 Å². The van der Waals surface area contributed by atoms with E-state index in [1.54, 1.807) is 17.5 Å². The summed E-state index contributed by atoms with van der Waals surface area (Å²) in [5, 5.41) is 7.49. The van der Waals surface area contributed by atoms with Gasteiger partial charge in [0.2, 0.25) is 0 Å². The van der Waals surface area contributed by atoms with E-state index in [2.05, 4.69) is 15.5 Å². The molecule has 2 aromatic heterocycles. The molecule has 0 saturated heterocycles. The summed E-state index contributed by atoms with van der Waals surface area (Å²) in [6.45, 7) is 2.00. The highest BCUT2D eigenvalue weighted by Crippen LogP contribution is 2.21. The first-order valence-corrected chi connectivity index (χ1v) is 7.38. The lowest BCUT2D eigenvalue weighted by atomic mass is 10.1. The number of aromatic nitrogens is 3. The zero-order chi connectivity index (χ0) is 13.9. The predicted octanol–water partition coefficient (Wildman–Crippen LogP) is 2.88. The zero-order valence-corrected chi connectivity index (χ0v) is 12.0. The fourth-order valence-corrected chi connectivity index (χ4v) is 3.00. The average molecular weight is 284 g/mol. The molecule has 102 valence electrons. The number of hydrogen-bond donors (Lipinski definition) is 1. The van der Waals surface area contributed by atoms with Gasteiger partial charge in [-0.05, 0) is 25.1 Å². The predicted molar refractivity (Wildman–Crippen MR) is 81.0 cm³/mol. The third kappa shape index (κ3) is 2.64. The van der Waals surface area contributed by atoms with Gasteiger partial charge in [-0.3, -0.25) is 0 Å². The first-order chi connectivity index (χ1) is 9.74. The molecule has 1 aromatic carbocycles. The average Bonchev–Trinajstić information content (AvgIpc) is 3.09. The summed E-state index contributed by atoms with van der Waals surface area (Å²) in [6.07, 6.45) is 2.52. The van der Waals surface area contributed by atoms with Crippen LogP contribution in [0.2, 0.25) is 0 Å². The minimum atomic E-state index is -0.108. The summed E-state index contributed by atoms with van der Waals surface area (Å²) in [7, 11) is 0. The Hall–Kier alpha value is -1.98. The van der Waals surface area contributed by atoms with E-state index in [-0.39, 0.29) is 6.04 Å². The van der Waals surface area contributed by atoms with E-state index in [1.807, 2.05) is 48.0 Å². The van der Waals surface area contributed by atoms with Crippen molar-refractivity contribution in [3.05, 3.63) is 64.4 Å². The van der Waals surface area contributed by atoms with Crippen LogP contribution in [0, 0.1) is 6.92 Å². The van der Waals surface area contributed by atoms with E-state index < -0.39 is 0 Å². The molecule has 0 aliphatic carbocycles. The largest absolute Gasteiger partial charge is 0.322 e. The van der Waals surface area contributed by atoms with Crippen molar-refractivity contribution in [3.63, 3.8) is 0 Å². The Bertz CT molecular complexity index is 687. The second kappa shape index (κ2) is 5.56. The maximum absolute atomic E-state index is 6.32. The Kier molecular flexibility index (Phi) is 3.62. The van der Waals surface area contributed by atoms with E-state index in [4.69, 9.17) is 5.73 Å². The van der Waals surface area contributed by atoms with Crippen LogP contribution in [0.3, 0.4) is 0 Å². The van der Waals surface area contributed by atoms with Crippen molar-refractivity contribution < 1.29 is 0 Å². The fraction of sp³-hybridized carbons (Fsp3) is 0.200. The Balaban J connectivity index is 1.86. The van der Waals surface area contributed by atoms with Gasteiger partial charge in [-0.15, -0.1) is 11.3 Å². The quantitative estimate of drug-likeness (QED) is 0.801. The highest BCUT2D eigenvalue weighted by Gasteiger charge is 2.15. The smallest absolute Gasteiger partial charge is 0.0947 e. The van der Waals surface area contributed by atoms with Crippen LogP contribution >= 0.6 is 11.3 Å². The van der Waals surface area contributed by atoms with E-state index in [0.717, 1.165) is 28.5 Å². The van der Waals surface area contributed by atoms with Crippen molar-refractivity contribution in [2.24, 2.45) is 5.73 Å². The molecule has 2 N–H and O–H groups in total. The number of nitrogens with two attached hydrogens (primary N) is 1. The van der Waals surface area contributed by atoms with E-state index in [0.29, 0.717) is 0 Å². The van der Waals surface area contributed by atoms with Crippen LogP contribution in [0.1, 0.15) is 22.4 Å². The summed E-state index contributed by atoms with van der Waals surface area (Å²) in [4.78, 5) is 4.47. The van der Waals surface area contributed by atoms with Crippen molar-refractivity contribution in [1.29, 1.82) is 0 Å². The van der Waals surface area contributed by atoms with Gasteiger partial charge in [0.05, 0.1) is 22.4 Å². The van der Waals surface area contributed by atoms with Gasteiger partial charge in [0.1, 0.15) is 0 Å². The second-order valence-corrected chi connectivity index (χ2v) is 5.64. The molecule has 1 unspecified atom stereocenters. The lowest BCUT2D eigenvalue weighted by molar-refractivity contribution is 0.652. The van der Waals surface area contributed by atoms with Crippen LogP contribution in [0.15, 0.2) is 48.0 Å². The molecule has 3 rings (SSSR count). The molecule has 0 saturated carbocycles. The van der Waals surface area contributed by atoms with Crippen molar-refractivity contribution in [1.82, 2.24) is 14.8 Å². The molecular formula is C15H16N4S. The molecular weight excluding hydrogens is 268 g/mol.